The van der Waals surface area contributed by atoms with Crippen LogP contribution in [0.1, 0.15) is 39.0 Å². The van der Waals surface area contributed by atoms with Gasteiger partial charge in [0.05, 0.1) is 10.9 Å². The molecule has 0 saturated carbocycles. The molecule has 2 aromatic heterocycles. The molecule has 0 aliphatic carbocycles. The van der Waals surface area contributed by atoms with Crippen LogP contribution in [0.4, 0.5) is 23.4 Å². The van der Waals surface area contributed by atoms with E-state index in [1.165, 1.54) is 18.3 Å². The van der Waals surface area contributed by atoms with Gasteiger partial charge in [0.1, 0.15) is 35.6 Å². The number of fused-ring (bicyclic) bond motifs is 3. The van der Waals surface area contributed by atoms with E-state index in [1.54, 1.807) is 0 Å². The molecule has 0 spiro atoms. The van der Waals surface area contributed by atoms with Crippen molar-refractivity contribution in [3.05, 3.63) is 47.9 Å². The lowest BCUT2D eigenvalue weighted by molar-refractivity contribution is 0.107. The average molecular weight is 568 g/mol. The van der Waals surface area contributed by atoms with Crippen LogP contribution in [0.5, 0.6) is 11.8 Å². The molecule has 1 N–H and O–H groups in total. The quantitative estimate of drug-likeness (QED) is 0.301. The van der Waals surface area contributed by atoms with Gasteiger partial charge in [0.15, 0.2) is 17.5 Å². The third-order valence-electron chi connectivity index (χ3n) is 8.95. The lowest BCUT2D eigenvalue weighted by Gasteiger charge is -2.31. The minimum atomic E-state index is -1.17. The van der Waals surface area contributed by atoms with Crippen LogP contribution < -0.4 is 9.64 Å². The molecule has 0 bridgehead atoms. The molecule has 2 aromatic carbocycles. The largest absolute Gasteiger partial charge is 0.508 e. The molecule has 0 unspecified atom stereocenters. The summed E-state index contributed by atoms with van der Waals surface area (Å²) < 4.78 is 66.1. The summed E-state index contributed by atoms with van der Waals surface area (Å²) in [6.45, 7) is 4.12. The average Bonchev–Trinajstić information content (AvgIpc) is 3.63. The summed E-state index contributed by atoms with van der Waals surface area (Å²) in [5.41, 5.74) is -0.917. The molecule has 4 aromatic rings. The first-order chi connectivity index (χ1) is 19.7. The summed E-state index contributed by atoms with van der Waals surface area (Å²) in [5.74, 6) is -2.91. The number of halogens is 4. The number of phenolic OH excluding ortho intramolecular Hbond substituents is 1. The molecular weight excluding hydrogens is 538 g/mol. The third-order valence-corrected chi connectivity index (χ3v) is 8.95. The van der Waals surface area contributed by atoms with Crippen LogP contribution in [0, 0.1) is 17.5 Å². The molecule has 41 heavy (non-hydrogen) atoms. The summed E-state index contributed by atoms with van der Waals surface area (Å²) in [5, 5.41) is 10.7. The van der Waals surface area contributed by atoms with Crippen molar-refractivity contribution in [3.63, 3.8) is 0 Å². The van der Waals surface area contributed by atoms with Crippen molar-refractivity contribution >= 4 is 27.5 Å². The topological polar surface area (TPSA) is 74.6 Å². The number of aromatic hydroxyl groups is 1. The minimum Gasteiger partial charge on any atom is -0.508 e. The first kappa shape index (κ1) is 26.2. The molecule has 3 saturated heterocycles. The molecule has 3 fully saturated rings. The maximum absolute atomic E-state index is 16.4. The predicted octanol–water partition coefficient (Wildman–Crippen LogP) is 5.91. The Balaban J connectivity index is 1.37. The van der Waals surface area contributed by atoms with Gasteiger partial charge in [0, 0.05) is 42.7 Å². The highest BCUT2D eigenvalue weighted by molar-refractivity contribution is 6.00. The lowest BCUT2D eigenvalue weighted by atomic mass is 9.95. The number of hydrogen-bond donors (Lipinski definition) is 1. The van der Waals surface area contributed by atoms with E-state index in [1.807, 2.05) is 0 Å². The Morgan fingerprint density at radius 3 is 2.76 bits per heavy atom. The summed E-state index contributed by atoms with van der Waals surface area (Å²) in [4.78, 5) is 17.6. The highest BCUT2D eigenvalue weighted by Crippen LogP contribution is 2.42. The highest BCUT2D eigenvalue weighted by atomic mass is 19.2. The van der Waals surface area contributed by atoms with E-state index in [2.05, 4.69) is 31.7 Å². The zero-order valence-electron chi connectivity index (χ0n) is 22.5. The second kappa shape index (κ2) is 9.68. The fourth-order valence-electron chi connectivity index (χ4n) is 6.96. The van der Waals surface area contributed by atoms with E-state index in [0.717, 1.165) is 44.4 Å². The number of benzene rings is 2. The van der Waals surface area contributed by atoms with Crippen LogP contribution in [0.2, 0.25) is 0 Å². The molecule has 0 amide bonds. The molecule has 3 atom stereocenters. The molecule has 7 rings (SSSR count). The maximum atomic E-state index is 16.4. The first-order valence-corrected chi connectivity index (χ1v) is 14.0. The van der Waals surface area contributed by atoms with Crippen molar-refractivity contribution < 1.29 is 27.4 Å². The van der Waals surface area contributed by atoms with Crippen molar-refractivity contribution in [2.45, 2.75) is 56.8 Å². The number of phenols is 1. The molecule has 3 aliphatic heterocycles. The Morgan fingerprint density at radius 1 is 1.10 bits per heavy atom. The van der Waals surface area contributed by atoms with Crippen molar-refractivity contribution in [2.75, 3.05) is 31.1 Å². The van der Waals surface area contributed by atoms with Crippen LogP contribution >= 0.6 is 0 Å². The van der Waals surface area contributed by atoms with Crippen molar-refractivity contribution in [1.82, 2.24) is 19.9 Å². The molecule has 7 nitrogen and oxygen atoms in total. The minimum absolute atomic E-state index is 0.0378. The predicted molar refractivity (Wildman–Crippen MR) is 146 cm³/mol. The van der Waals surface area contributed by atoms with E-state index in [9.17, 15) is 18.3 Å². The van der Waals surface area contributed by atoms with E-state index in [4.69, 9.17) is 4.74 Å². The van der Waals surface area contributed by atoms with Crippen molar-refractivity contribution in [2.24, 2.45) is 0 Å². The van der Waals surface area contributed by atoms with Gasteiger partial charge in [-0.3, -0.25) is 9.88 Å². The molecule has 3 aliphatic rings. The second-order valence-electron chi connectivity index (χ2n) is 11.5. The van der Waals surface area contributed by atoms with Gasteiger partial charge in [-0.05, 0) is 62.7 Å². The monoisotopic (exact) mass is 567 g/mol. The number of nitrogens with zero attached hydrogens (tertiary/aromatic N) is 5. The molecule has 5 heterocycles. The Kier molecular flexibility index (Phi) is 6.18. The Morgan fingerprint density at radius 2 is 1.95 bits per heavy atom. The lowest BCUT2D eigenvalue weighted by Crippen LogP contribution is -2.43. The Bertz CT molecular complexity index is 1690. The van der Waals surface area contributed by atoms with Gasteiger partial charge in [-0.25, -0.2) is 17.6 Å². The standard InChI is InChI=1S/C30H29F4N5O2/c1-16-4-2-9-39(16)28-21-13-35-26(20-11-19(40)10-17-5-6-22(32)24(33)23(17)20)25(34)27(21)36-29(37-28)41-15-30-7-3-8-38(30)14-18(31)12-30/h5-6,10-11,13,16,18,40H,2-4,7-9,12,14-15H2,1H3/t16-,18-,30+/m1/s1. The number of rotatable bonds is 5. The van der Waals surface area contributed by atoms with Crippen molar-refractivity contribution in [3.8, 4) is 23.0 Å². The number of alkyl halides is 1. The van der Waals surface area contributed by atoms with Gasteiger partial charge < -0.3 is 14.7 Å². The highest BCUT2D eigenvalue weighted by Gasteiger charge is 2.49. The Hall–Kier alpha value is -3.73. The van der Waals surface area contributed by atoms with E-state index >= 15 is 4.39 Å². The number of ether oxygens (including phenoxy) is 1. The first-order valence-electron chi connectivity index (χ1n) is 14.0. The number of aromatic nitrogens is 3. The Labute approximate surface area is 233 Å². The summed E-state index contributed by atoms with van der Waals surface area (Å²) in [6, 6.07) is 4.80. The summed E-state index contributed by atoms with van der Waals surface area (Å²) in [7, 11) is 0. The van der Waals surface area contributed by atoms with Crippen LogP contribution in [0.15, 0.2) is 30.5 Å². The van der Waals surface area contributed by atoms with E-state index < -0.39 is 29.2 Å². The van der Waals surface area contributed by atoms with Gasteiger partial charge in [-0.1, -0.05) is 6.07 Å². The third kappa shape index (κ3) is 4.24. The van der Waals surface area contributed by atoms with Crippen LogP contribution in [0.25, 0.3) is 32.9 Å². The van der Waals surface area contributed by atoms with Crippen LogP contribution in [0.3, 0.4) is 0 Å². The summed E-state index contributed by atoms with van der Waals surface area (Å²) in [6.07, 6.45) is 4.49. The number of anilines is 1. The van der Waals surface area contributed by atoms with Crippen LogP contribution in [-0.2, 0) is 0 Å². The maximum Gasteiger partial charge on any atom is 0.319 e. The molecule has 11 heteroatoms. The smallest absolute Gasteiger partial charge is 0.319 e. The SMILES string of the molecule is C[C@@H]1CCCN1c1nc(OC[C@@]23CCCN2C[C@H](F)C3)nc2c(F)c(-c3cc(O)cc4ccc(F)c(F)c34)ncc12. The zero-order valence-corrected chi connectivity index (χ0v) is 22.5. The molecule has 0 radical (unpaired) electrons. The fourth-order valence-corrected chi connectivity index (χ4v) is 6.96. The van der Waals surface area contributed by atoms with Crippen molar-refractivity contribution in [1.29, 1.82) is 0 Å². The fraction of sp³-hybridized carbons (Fsp3) is 0.433. The van der Waals surface area contributed by atoms with Gasteiger partial charge in [0.25, 0.3) is 0 Å². The second-order valence-corrected chi connectivity index (χ2v) is 11.5. The normalized spacial score (nSPS) is 24.6. The van der Waals surface area contributed by atoms with E-state index in [-0.39, 0.29) is 52.0 Å². The van der Waals surface area contributed by atoms with Gasteiger partial charge in [-0.2, -0.15) is 9.97 Å². The zero-order chi connectivity index (χ0) is 28.5. The summed E-state index contributed by atoms with van der Waals surface area (Å²) >= 11 is 0. The molecular formula is C30H29F4N5O2. The van der Waals surface area contributed by atoms with Gasteiger partial charge in [-0.15, -0.1) is 0 Å². The van der Waals surface area contributed by atoms with Crippen LogP contribution in [-0.4, -0.2) is 69.0 Å². The number of hydrogen-bond acceptors (Lipinski definition) is 7. The number of pyridine rings is 1. The van der Waals surface area contributed by atoms with E-state index in [0.29, 0.717) is 30.7 Å². The van der Waals surface area contributed by atoms with Gasteiger partial charge >= 0.3 is 6.01 Å². The molecule has 214 valence electrons. The van der Waals surface area contributed by atoms with Gasteiger partial charge in [0.2, 0.25) is 0 Å².